The van der Waals surface area contributed by atoms with Crippen molar-refractivity contribution in [2.24, 2.45) is 0 Å². The summed E-state index contributed by atoms with van der Waals surface area (Å²) >= 11 is 0. The van der Waals surface area contributed by atoms with Gasteiger partial charge in [-0.05, 0) is 6.07 Å². The number of aromatic carboxylic acids is 1. The van der Waals surface area contributed by atoms with Crippen LogP contribution in [0.1, 0.15) is 16.2 Å². The van der Waals surface area contributed by atoms with Crippen LogP contribution in [-0.2, 0) is 0 Å². The van der Waals surface area contributed by atoms with E-state index in [0.717, 1.165) is 0 Å². The molecule has 0 fully saturated rings. The Morgan fingerprint density at radius 3 is 2.88 bits per heavy atom. The lowest BCUT2D eigenvalue weighted by atomic mass is 10.2. The van der Waals surface area contributed by atoms with Crippen molar-refractivity contribution in [3.63, 3.8) is 0 Å². The summed E-state index contributed by atoms with van der Waals surface area (Å²) in [5.74, 6) is -0.696. The van der Waals surface area contributed by atoms with Gasteiger partial charge in [-0.3, -0.25) is 4.57 Å². The van der Waals surface area contributed by atoms with Crippen molar-refractivity contribution in [2.75, 3.05) is 5.73 Å². The Balaban J connectivity index is 2.55. The maximum absolute atomic E-state index is 10.7. The Labute approximate surface area is 95.8 Å². The molecule has 0 spiro atoms. The molecule has 0 radical (unpaired) electrons. The number of hydrogen-bond donors (Lipinski definition) is 2. The van der Waals surface area contributed by atoms with Gasteiger partial charge in [-0.15, -0.1) is 0 Å². The Bertz CT molecular complexity index is 626. The Morgan fingerprint density at radius 1 is 1.53 bits per heavy atom. The first-order valence-electron chi connectivity index (χ1n) is 4.56. The molecule has 3 N–H and O–H groups in total. The molecule has 0 aliphatic rings. The second kappa shape index (κ2) is 3.94. The molecule has 84 valence electrons. The minimum absolute atomic E-state index is 0.00938. The lowest BCUT2D eigenvalue weighted by Crippen LogP contribution is -2.07. The van der Waals surface area contributed by atoms with E-state index in [1.54, 1.807) is 0 Å². The van der Waals surface area contributed by atoms with Crippen molar-refractivity contribution in [2.45, 2.75) is 0 Å². The number of anilines is 1. The SMILES string of the molecule is N#Cc1nccn1-c1ncc(C(=O)O)cc1N. The molecular weight excluding hydrogens is 222 g/mol. The molecule has 0 aromatic carbocycles. The first kappa shape index (κ1) is 10.6. The second-order valence-corrected chi connectivity index (χ2v) is 3.17. The van der Waals surface area contributed by atoms with Crippen molar-refractivity contribution < 1.29 is 9.90 Å². The van der Waals surface area contributed by atoms with Crippen LogP contribution in [0.15, 0.2) is 24.7 Å². The van der Waals surface area contributed by atoms with Crippen LogP contribution in [0.2, 0.25) is 0 Å². The van der Waals surface area contributed by atoms with Crippen molar-refractivity contribution in [3.05, 3.63) is 36.0 Å². The lowest BCUT2D eigenvalue weighted by Gasteiger charge is -2.06. The monoisotopic (exact) mass is 229 g/mol. The maximum atomic E-state index is 10.7. The van der Waals surface area contributed by atoms with Crippen LogP contribution >= 0.6 is 0 Å². The molecule has 0 bridgehead atoms. The fourth-order valence-electron chi connectivity index (χ4n) is 1.35. The summed E-state index contributed by atoms with van der Waals surface area (Å²) in [5.41, 5.74) is 5.85. The van der Waals surface area contributed by atoms with E-state index in [2.05, 4.69) is 9.97 Å². The number of nitrogens with zero attached hydrogens (tertiary/aromatic N) is 4. The molecule has 2 aromatic heterocycles. The van der Waals surface area contributed by atoms with Crippen molar-refractivity contribution in [1.29, 1.82) is 5.26 Å². The van der Waals surface area contributed by atoms with Crippen molar-refractivity contribution >= 4 is 11.7 Å². The number of nitrogens with two attached hydrogens (primary N) is 1. The van der Waals surface area contributed by atoms with Gasteiger partial charge in [-0.1, -0.05) is 0 Å². The van der Waals surface area contributed by atoms with Crippen LogP contribution in [0.4, 0.5) is 5.69 Å². The summed E-state index contributed by atoms with van der Waals surface area (Å²) in [5, 5.41) is 17.6. The molecule has 7 nitrogen and oxygen atoms in total. The topological polar surface area (TPSA) is 118 Å². The zero-order chi connectivity index (χ0) is 12.4. The molecule has 17 heavy (non-hydrogen) atoms. The van der Waals surface area contributed by atoms with Gasteiger partial charge in [0.05, 0.1) is 11.3 Å². The predicted molar refractivity (Wildman–Crippen MR) is 57.4 cm³/mol. The van der Waals surface area contributed by atoms with Gasteiger partial charge in [0.25, 0.3) is 0 Å². The number of pyridine rings is 1. The number of carboxylic acids is 1. The highest BCUT2D eigenvalue weighted by atomic mass is 16.4. The molecule has 7 heteroatoms. The van der Waals surface area contributed by atoms with Gasteiger partial charge in [0.15, 0.2) is 5.82 Å². The smallest absolute Gasteiger partial charge is 0.337 e. The van der Waals surface area contributed by atoms with Crippen LogP contribution in [0.5, 0.6) is 0 Å². The molecular formula is C10H7N5O2. The third-order valence-electron chi connectivity index (χ3n) is 2.11. The van der Waals surface area contributed by atoms with Gasteiger partial charge in [0.2, 0.25) is 5.82 Å². The molecule has 0 atom stereocenters. The second-order valence-electron chi connectivity index (χ2n) is 3.17. The summed E-state index contributed by atoms with van der Waals surface area (Å²) in [4.78, 5) is 18.4. The predicted octanol–water partition coefficient (Wildman–Crippen LogP) is 0.419. The van der Waals surface area contributed by atoms with E-state index >= 15 is 0 Å². The van der Waals surface area contributed by atoms with E-state index < -0.39 is 5.97 Å². The van der Waals surface area contributed by atoms with Gasteiger partial charge >= 0.3 is 5.97 Å². The number of carboxylic acid groups (broad SMARTS) is 1. The van der Waals surface area contributed by atoms with Crippen molar-refractivity contribution in [1.82, 2.24) is 14.5 Å². The molecule has 2 rings (SSSR count). The fourth-order valence-corrected chi connectivity index (χ4v) is 1.35. The largest absolute Gasteiger partial charge is 0.478 e. The number of nitriles is 1. The quantitative estimate of drug-likeness (QED) is 0.770. The van der Waals surface area contributed by atoms with Crippen molar-refractivity contribution in [3.8, 4) is 11.9 Å². The van der Waals surface area contributed by atoms with Crippen LogP contribution in [0.3, 0.4) is 0 Å². The maximum Gasteiger partial charge on any atom is 0.337 e. The molecule has 0 unspecified atom stereocenters. The van der Waals surface area contributed by atoms with E-state index in [-0.39, 0.29) is 22.9 Å². The number of nitrogen functional groups attached to an aromatic ring is 1. The third kappa shape index (κ3) is 1.79. The summed E-state index contributed by atoms with van der Waals surface area (Å²) in [6.07, 6.45) is 4.14. The molecule has 2 heterocycles. The summed E-state index contributed by atoms with van der Waals surface area (Å²) in [6, 6.07) is 3.16. The number of rotatable bonds is 2. The van der Waals surface area contributed by atoms with Crippen LogP contribution in [-0.4, -0.2) is 25.6 Å². The van der Waals surface area contributed by atoms with Crippen LogP contribution in [0.25, 0.3) is 5.82 Å². The molecule has 0 saturated heterocycles. The molecule has 0 saturated carbocycles. The van der Waals surface area contributed by atoms with Crippen LogP contribution < -0.4 is 5.73 Å². The summed E-state index contributed by atoms with van der Waals surface area (Å²) in [7, 11) is 0. The van der Waals surface area contributed by atoms with Gasteiger partial charge in [0, 0.05) is 18.6 Å². The molecule has 2 aromatic rings. The Hall–Kier alpha value is -2.88. The van der Waals surface area contributed by atoms with Gasteiger partial charge in [-0.2, -0.15) is 5.26 Å². The van der Waals surface area contributed by atoms with E-state index in [9.17, 15) is 4.79 Å². The standard InChI is InChI=1S/C10H7N5O2/c11-4-8-13-1-2-15(8)9-7(12)3-6(5-14-9)10(16)17/h1-3,5H,12H2,(H,16,17). The van der Waals surface area contributed by atoms with E-state index in [0.29, 0.717) is 0 Å². The number of aromatic nitrogens is 3. The number of imidazole rings is 1. The zero-order valence-electron chi connectivity index (χ0n) is 8.53. The summed E-state index contributed by atoms with van der Waals surface area (Å²) < 4.78 is 1.39. The highest BCUT2D eigenvalue weighted by molar-refractivity contribution is 5.88. The van der Waals surface area contributed by atoms with Gasteiger partial charge in [0.1, 0.15) is 6.07 Å². The zero-order valence-corrected chi connectivity index (χ0v) is 8.53. The molecule has 0 aliphatic heterocycles. The third-order valence-corrected chi connectivity index (χ3v) is 2.11. The minimum atomic E-state index is -1.11. The Morgan fingerprint density at radius 2 is 2.29 bits per heavy atom. The van der Waals surface area contributed by atoms with E-state index in [1.807, 2.05) is 6.07 Å². The fraction of sp³-hybridized carbons (Fsp3) is 0. The Kier molecular flexibility index (Phi) is 2.46. The average Bonchev–Trinajstić information content (AvgIpc) is 2.76. The molecule has 0 amide bonds. The first-order chi connectivity index (χ1) is 8.13. The van der Waals surface area contributed by atoms with Gasteiger partial charge < -0.3 is 10.8 Å². The highest BCUT2D eigenvalue weighted by Gasteiger charge is 2.11. The first-order valence-corrected chi connectivity index (χ1v) is 4.56. The van der Waals surface area contributed by atoms with E-state index in [1.165, 1.54) is 29.2 Å². The average molecular weight is 229 g/mol. The van der Waals surface area contributed by atoms with E-state index in [4.69, 9.17) is 16.1 Å². The number of hydrogen-bond acceptors (Lipinski definition) is 5. The summed E-state index contributed by atoms with van der Waals surface area (Å²) in [6.45, 7) is 0. The number of carbonyl (C=O) groups is 1. The lowest BCUT2D eigenvalue weighted by molar-refractivity contribution is 0.0696. The normalized spacial score (nSPS) is 9.82. The van der Waals surface area contributed by atoms with Gasteiger partial charge in [-0.25, -0.2) is 14.8 Å². The molecule has 0 aliphatic carbocycles. The highest BCUT2D eigenvalue weighted by Crippen LogP contribution is 2.17. The minimum Gasteiger partial charge on any atom is -0.478 e. The van der Waals surface area contributed by atoms with Crippen LogP contribution in [0, 0.1) is 11.3 Å².